The van der Waals surface area contributed by atoms with Crippen LogP contribution in [-0.4, -0.2) is 27.5 Å². The summed E-state index contributed by atoms with van der Waals surface area (Å²) < 4.78 is 4.94. The molecular formula is C13H15N3O2S. The Morgan fingerprint density at radius 1 is 1.37 bits per heavy atom. The van der Waals surface area contributed by atoms with Crippen molar-refractivity contribution in [2.24, 2.45) is 0 Å². The maximum Gasteiger partial charge on any atom is 0.341 e. The lowest BCUT2D eigenvalue weighted by molar-refractivity contribution is 0.0524. The lowest BCUT2D eigenvalue weighted by atomic mass is 10.2. The number of carbonyl (C=O) groups excluding carboxylic acids is 1. The second kappa shape index (κ2) is 5.88. The number of hydrogen-bond acceptors (Lipinski definition) is 6. The van der Waals surface area contributed by atoms with Crippen LogP contribution in [0.1, 0.15) is 39.5 Å². The third-order valence-corrected chi connectivity index (χ3v) is 3.47. The first kappa shape index (κ1) is 13.6. The summed E-state index contributed by atoms with van der Waals surface area (Å²) in [7, 11) is 0. The minimum Gasteiger partial charge on any atom is -0.462 e. The topological polar surface area (TPSA) is 65.0 Å². The van der Waals surface area contributed by atoms with E-state index >= 15 is 0 Å². The van der Waals surface area contributed by atoms with Crippen LogP contribution in [0.25, 0.3) is 0 Å². The summed E-state index contributed by atoms with van der Waals surface area (Å²) in [6.07, 6.45) is 2.11. The Balaban J connectivity index is 2.16. The van der Waals surface area contributed by atoms with Gasteiger partial charge in [0.2, 0.25) is 0 Å². The highest BCUT2D eigenvalue weighted by Crippen LogP contribution is 2.13. The Morgan fingerprint density at radius 3 is 2.74 bits per heavy atom. The fourth-order valence-corrected chi connectivity index (χ4v) is 2.40. The third-order valence-electron chi connectivity index (χ3n) is 2.50. The predicted octanol–water partition coefficient (Wildman–Crippen LogP) is 2.32. The van der Waals surface area contributed by atoms with Crippen molar-refractivity contribution in [1.29, 1.82) is 0 Å². The standard InChI is InChI=1S/C13H15N3O2S/c1-4-18-13(17)10-6-14-11(16-9(10)3)5-12-15-8(2)7-19-12/h6-7H,4-5H2,1-3H3. The van der Waals surface area contributed by atoms with Crippen LogP contribution in [-0.2, 0) is 11.2 Å². The lowest BCUT2D eigenvalue weighted by Gasteiger charge is -2.05. The number of thiazole rings is 1. The van der Waals surface area contributed by atoms with E-state index in [0.29, 0.717) is 30.1 Å². The molecule has 2 aromatic heterocycles. The Bertz CT molecular complexity index is 595. The van der Waals surface area contributed by atoms with Gasteiger partial charge >= 0.3 is 5.97 Å². The van der Waals surface area contributed by atoms with Crippen molar-refractivity contribution in [2.45, 2.75) is 27.2 Å². The van der Waals surface area contributed by atoms with Crippen molar-refractivity contribution in [3.05, 3.63) is 39.4 Å². The molecule has 0 spiro atoms. The second-order valence-corrected chi connectivity index (χ2v) is 5.01. The average molecular weight is 277 g/mol. The summed E-state index contributed by atoms with van der Waals surface area (Å²) >= 11 is 1.59. The molecule has 2 aromatic rings. The predicted molar refractivity (Wildman–Crippen MR) is 72.4 cm³/mol. The van der Waals surface area contributed by atoms with E-state index in [0.717, 1.165) is 10.7 Å². The molecule has 19 heavy (non-hydrogen) atoms. The fourth-order valence-electron chi connectivity index (χ4n) is 1.63. The lowest BCUT2D eigenvalue weighted by Crippen LogP contribution is -2.10. The van der Waals surface area contributed by atoms with Gasteiger partial charge in [-0.05, 0) is 20.8 Å². The molecule has 0 aliphatic heterocycles. The number of rotatable bonds is 4. The molecule has 0 atom stereocenters. The molecule has 0 aliphatic rings. The van der Waals surface area contributed by atoms with Crippen molar-refractivity contribution < 1.29 is 9.53 Å². The monoisotopic (exact) mass is 277 g/mol. The van der Waals surface area contributed by atoms with Gasteiger partial charge in [0.05, 0.1) is 24.3 Å². The van der Waals surface area contributed by atoms with E-state index in [2.05, 4.69) is 15.0 Å². The first-order valence-corrected chi connectivity index (χ1v) is 6.88. The van der Waals surface area contributed by atoms with E-state index in [1.807, 2.05) is 12.3 Å². The Labute approximate surface area is 115 Å². The largest absolute Gasteiger partial charge is 0.462 e. The van der Waals surface area contributed by atoms with Crippen molar-refractivity contribution in [3.63, 3.8) is 0 Å². The molecule has 0 saturated carbocycles. The molecule has 0 saturated heterocycles. The molecular weight excluding hydrogens is 262 g/mol. The van der Waals surface area contributed by atoms with Crippen LogP contribution in [0.5, 0.6) is 0 Å². The van der Waals surface area contributed by atoms with Crippen LogP contribution in [0.2, 0.25) is 0 Å². The summed E-state index contributed by atoms with van der Waals surface area (Å²) in [5.74, 6) is 0.288. The van der Waals surface area contributed by atoms with E-state index in [9.17, 15) is 4.79 Å². The highest BCUT2D eigenvalue weighted by molar-refractivity contribution is 7.09. The SMILES string of the molecule is CCOC(=O)c1cnc(Cc2nc(C)cs2)nc1C. The molecule has 0 radical (unpaired) electrons. The highest BCUT2D eigenvalue weighted by atomic mass is 32.1. The highest BCUT2D eigenvalue weighted by Gasteiger charge is 2.13. The van der Waals surface area contributed by atoms with E-state index in [1.165, 1.54) is 6.20 Å². The summed E-state index contributed by atoms with van der Waals surface area (Å²) in [6, 6.07) is 0. The van der Waals surface area contributed by atoms with Gasteiger partial charge in [-0.25, -0.2) is 19.7 Å². The molecule has 100 valence electrons. The molecule has 0 aromatic carbocycles. The van der Waals surface area contributed by atoms with Gasteiger partial charge in [0.15, 0.2) is 0 Å². The van der Waals surface area contributed by atoms with Crippen LogP contribution in [0.15, 0.2) is 11.6 Å². The number of nitrogens with zero attached hydrogens (tertiary/aromatic N) is 3. The third kappa shape index (κ3) is 3.35. The molecule has 0 fully saturated rings. The maximum atomic E-state index is 11.6. The van der Waals surface area contributed by atoms with Crippen LogP contribution in [0.3, 0.4) is 0 Å². The molecule has 0 amide bonds. The number of hydrogen-bond donors (Lipinski definition) is 0. The van der Waals surface area contributed by atoms with Gasteiger partial charge in [0.1, 0.15) is 10.8 Å². The zero-order chi connectivity index (χ0) is 13.8. The van der Waals surface area contributed by atoms with Crippen LogP contribution < -0.4 is 0 Å². The molecule has 0 N–H and O–H groups in total. The number of aryl methyl sites for hydroxylation is 2. The van der Waals surface area contributed by atoms with Crippen LogP contribution in [0, 0.1) is 13.8 Å². The van der Waals surface area contributed by atoms with Crippen LogP contribution in [0.4, 0.5) is 0 Å². The number of ether oxygens (including phenoxy) is 1. The van der Waals surface area contributed by atoms with Gasteiger partial charge in [0.25, 0.3) is 0 Å². The fraction of sp³-hybridized carbons (Fsp3) is 0.385. The Kier molecular flexibility index (Phi) is 4.21. The summed E-state index contributed by atoms with van der Waals surface area (Å²) in [5.41, 5.74) is 2.05. The average Bonchev–Trinajstić information content (AvgIpc) is 2.75. The van der Waals surface area contributed by atoms with Gasteiger partial charge < -0.3 is 4.74 Å². The number of esters is 1. The Hall–Kier alpha value is -1.82. The van der Waals surface area contributed by atoms with Gasteiger partial charge in [0, 0.05) is 17.3 Å². The van der Waals surface area contributed by atoms with E-state index in [-0.39, 0.29) is 5.97 Å². The van der Waals surface area contributed by atoms with Gasteiger partial charge in [-0.15, -0.1) is 11.3 Å². The quantitative estimate of drug-likeness (QED) is 0.802. The Morgan fingerprint density at radius 2 is 2.16 bits per heavy atom. The number of aromatic nitrogens is 3. The van der Waals surface area contributed by atoms with Crippen LogP contribution >= 0.6 is 11.3 Å². The van der Waals surface area contributed by atoms with Crippen molar-refractivity contribution in [1.82, 2.24) is 15.0 Å². The number of carbonyl (C=O) groups is 1. The molecule has 5 nitrogen and oxygen atoms in total. The normalized spacial score (nSPS) is 10.5. The molecule has 0 unspecified atom stereocenters. The van der Waals surface area contributed by atoms with E-state index in [4.69, 9.17) is 4.74 Å². The summed E-state index contributed by atoms with van der Waals surface area (Å²) in [5, 5.41) is 2.97. The minimum absolute atomic E-state index is 0.346. The smallest absolute Gasteiger partial charge is 0.341 e. The molecule has 2 rings (SSSR count). The van der Waals surface area contributed by atoms with Crippen molar-refractivity contribution in [3.8, 4) is 0 Å². The summed E-state index contributed by atoms with van der Waals surface area (Å²) in [6.45, 7) is 5.85. The van der Waals surface area contributed by atoms with Crippen molar-refractivity contribution >= 4 is 17.3 Å². The molecule has 2 heterocycles. The summed E-state index contributed by atoms with van der Waals surface area (Å²) in [4.78, 5) is 24.5. The van der Waals surface area contributed by atoms with Crippen molar-refractivity contribution in [2.75, 3.05) is 6.61 Å². The maximum absolute atomic E-state index is 11.6. The minimum atomic E-state index is -0.378. The zero-order valence-corrected chi connectivity index (χ0v) is 12.0. The van der Waals surface area contributed by atoms with E-state index in [1.54, 1.807) is 25.2 Å². The molecule has 0 aliphatic carbocycles. The van der Waals surface area contributed by atoms with Gasteiger partial charge in [-0.1, -0.05) is 0 Å². The molecule has 6 heteroatoms. The van der Waals surface area contributed by atoms with E-state index < -0.39 is 0 Å². The zero-order valence-electron chi connectivity index (χ0n) is 11.1. The first-order valence-electron chi connectivity index (χ1n) is 6.00. The second-order valence-electron chi connectivity index (χ2n) is 4.07. The first-order chi connectivity index (χ1) is 9.10. The molecule has 0 bridgehead atoms. The van der Waals surface area contributed by atoms with Gasteiger partial charge in [-0.3, -0.25) is 0 Å². The van der Waals surface area contributed by atoms with Gasteiger partial charge in [-0.2, -0.15) is 0 Å².